The molecule has 2 atom stereocenters. The lowest BCUT2D eigenvalue weighted by Crippen LogP contribution is -2.39. The summed E-state index contributed by atoms with van der Waals surface area (Å²) < 4.78 is 69.5. The lowest BCUT2D eigenvalue weighted by molar-refractivity contribution is -0.258. The number of sulfonamides is 1. The summed E-state index contributed by atoms with van der Waals surface area (Å²) in [6, 6.07) is 13.6. The summed E-state index contributed by atoms with van der Waals surface area (Å²) in [5.74, 6) is 0.243. The number of aromatic nitrogens is 2. The summed E-state index contributed by atoms with van der Waals surface area (Å²) in [5.41, 5.74) is 3.72. The fourth-order valence-corrected chi connectivity index (χ4v) is 6.85. The van der Waals surface area contributed by atoms with E-state index in [2.05, 4.69) is 14.7 Å². The highest BCUT2D eigenvalue weighted by atomic mass is 32.2. The van der Waals surface area contributed by atoms with Gasteiger partial charge in [-0.1, -0.05) is 24.3 Å². The number of anilines is 1. The van der Waals surface area contributed by atoms with Crippen molar-refractivity contribution in [2.45, 2.75) is 42.8 Å². The van der Waals surface area contributed by atoms with Crippen molar-refractivity contribution in [1.29, 1.82) is 0 Å². The van der Waals surface area contributed by atoms with Crippen LogP contribution in [0.4, 0.5) is 19.0 Å². The van der Waals surface area contributed by atoms with Crippen molar-refractivity contribution in [2.24, 2.45) is 0 Å². The number of thiophene rings is 1. The third kappa shape index (κ3) is 4.93. The van der Waals surface area contributed by atoms with E-state index in [1.54, 1.807) is 30.3 Å². The number of hydrogen-bond donors (Lipinski definition) is 3. The van der Waals surface area contributed by atoms with Crippen LogP contribution in [0.2, 0.25) is 0 Å². The topological polar surface area (TPSA) is 118 Å². The maximum Gasteiger partial charge on any atom is 0.421 e. The van der Waals surface area contributed by atoms with Crippen LogP contribution in [-0.4, -0.2) is 34.9 Å². The van der Waals surface area contributed by atoms with Gasteiger partial charge in [-0.25, -0.2) is 18.1 Å². The van der Waals surface area contributed by atoms with Crippen molar-refractivity contribution in [2.75, 3.05) is 5.73 Å². The Morgan fingerprint density at radius 3 is 2.54 bits per heavy atom. The zero-order valence-electron chi connectivity index (χ0n) is 19.5. The number of nitrogens with one attached hydrogen (secondary N) is 1. The molecule has 1 aliphatic rings. The first-order valence-electron chi connectivity index (χ1n) is 11.4. The van der Waals surface area contributed by atoms with E-state index in [0.717, 1.165) is 11.5 Å². The van der Waals surface area contributed by atoms with E-state index >= 15 is 0 Å². The number of nitrogen functional groups attached to an aromatic ring is 1. The Bertz CT molecular complexity index is 1580. The molecule has 1 aromatic carbocycles. The fourth-order valence-electron chi connectivity index (χ4n) is 4.00. The van der Waals surface area contributed by atoms with Gasteiger partial charge in [0.05, 0.1) is 22.7 Å². The molecule has 0 spiro atoms. The van der Waals surface area contributed by atoms with E-state index in [0.29, 0.717) is 40.6 Å². The number of nitrogens with zero attached hydrogens (tertiary/aromatic N) is 2. The minimum absolute atomic E-state index is 0.243. The minimum atomic E-state index is -4.87. The molecule has 194 valence electrons. The molecule has 2 unspecified atom stereocenters. The maximum absolute atomic E-state index is 13.4. The number of hydrogen-bond acceptors (Lipinski definition) is 7. The van der Waals surface area contributed by atoms with Crippen molar-refractivity contribution in [1.82, 2.24) is 14.7 Å². The fraction of sp³-hybridized carbons (Fsp3) is 0.280. The normalized spacial score (nSPS) is 17.0. The second kappa shape index (κ2) is 9.05. The van der Waals surface area contributed by atoms with E-state index in [-0.39, 0.29) is 17.1 Å². The number of fused-ring (bicyclic) bond motifs is 1. The van der Waals surface area contributed by atoms with Crippen LogP contribution in [0.15, 0.2) is 60.8 Å². The Labute approximate surface area is 215 Å². The molecule has 0 saturated heterocycles. The maximum atomic E-state index is 13.4. The molecule has 0 radical (unpaired) electrons. The number of alkyl halides is 3. The molecule has 3 heterocycles. The van der Waals surface area contributed by atoms with Crippen molar-refractivity contribution >= 4 is 37.3 Å². The van der Waals surface area contributed by atoms with Crippen LogP contribution in [0.1, 0.15) is 41.9 Å². The van der Waals surface area contributed by atoms with Crippen LogP contribution < -0.4 is 10.5 Å². The summed E-state index contributed by atoms with van der Waals surface area (Å²) in [5, 5.41) is 10.5. The molecular formula is C25H23F3N4O3S2. The Balaban J connectivity index is 1.61. The van der Waals surface area contributed by atoms with Gasteiger partial charge in [-0.2, -0.15) is 13.2 Å². The van der Waals surface area contributed by atoms with Gasteiger partial charge < -0.3 is 10.8 Å². The van der Waals surface area contributed by atoms with E-state index in [1.807, 2.05) is 12.1 Å². The van der Waals surface area contributed by atoms with Crippen LogP contribution in [0.25, 0.3) is 21.3 Å². The lowest BCUT2D eigenvalue weighted by atomic mass is 9.94. The zero-order valence-corrected chi connectivity index (χ0v) is 21.2. The lowest BCUT2D eigenvalue weighted by Gasteiger charge is -2.26. The Morgan fingerprint density at radius 1 is 1.14 bits per heavy atom. The van der Waals surface area contributed by atoms with Gasteiger partial charge in [0, 0.05) is 21.3 Å². The number of nitrogens with two attached hydrogens (primary N) is 1. The molecule has 12 heteroatoms. The van der Waals surface area contributed by atoms with E-state index < -0.39 is 33.1 Å². The van der Waals surface area contributed by atoms with Crippen LogP contribution in [0, 0.1) is 0 Å². The summed E-state index contributed by atoms with van der Waals surface area (Å²) in [6.07, 6.45) is -2.47. The molecule has 4 aromatic rings. The van der Waals surface area contributed by atoms with Crippen molar-refractivity contribution in [3.05, 3.63) is 76.9 Å². The van der Waals surface area contributed by atoms with Gasteiger partial charge in [0.15, 0.2) is 5.60 Å². The highest BCUT2D eigenvalue weighted by Gasteiger charge is 2.51. The quantitative estimate of drug-likeness (QED) is 0.303. The predicted octanol–water partition coefficient (Wildman–Crippen LogP) is 4.88. The first-order valence-corrected chi connectivity index (χ1v) is 13.7. The number of rotatable bonds is 7. The van der Waals surface area contributed by atoms with E-state index in [1.165, 1.54) is 23.6 Å². The van der Waals surface area contributed by atoms with Crippen molar-refractivity contribution in [3.8, 4) is 11.3 Å². The first kappa shape index (κ1) is 25.6. The highest BCUT2D eigenvalue weighted by Crippen LogP contribution is 2.42. The summed E-state index contributed by atoms with van der Waals surface area (Å²) in [4.78, 5) is 9.24. The number of pyridine rings is 2. The van der Waals surface area contributed by atoms with Crippen LogP contribution >= 0.6 is 11.3 Å². The van der Waals surface area contributed by atoms with Crippen LogP contribution in [0.3, 0.4) is 0 Å². The average molecular weight is 549 g/mol. The zero-order chi connectivity index (χ0) is 26.6. The van der Waals surface area contributed by atoms with Crippen LogP contribution in [0.5, 0.6) is 0 Å². The van der Waals surface area contributed by atoms with E-state index in [4.69, 9.17) is 5.73 Å². The van der Waals surface area contributed by atoms with Gasteiger partial charge in [-0.15, -0.1) is 11.3 Å². The summed E-state index contributed by atoms with van der Waals surface area (Å²) in [7, 11) is -3.60. The van der Waals surface area contributed by atoms with Crippen molar-refractivity contribution in [3.63, 3.8) is 0 Å². The third-order valence-electron chi connectivity index (χ3n) is 6.33. The van der Waals surface area contributed by atoms with Gasteiger partial charge in [0.25, 0.3) is 0 Å². The standard InChI is InChI=1S/C25H23F3N4O3S2/c1-24(33,25(26,27)28)15-10-11-30-19(13-15)17-5-2-4-14-12-20(36-23(14)17)22(18-6-3-7-21(29)31-18)32-37(34,35)16-8-9-16/h2-7,10-13,16,22,32-33H,8-9H2,1H3,(H2,29,31). The molecule has 1 aliphatic carbocycles. The number of aliphatic hydroxyl groups is 1. The third-order valence-corrected chi connectivity index (χ3v) is 9.49. The predicted molar refractivity (Wildman–Crippen MR) is 136 cm³/mol. The average Bonchev–Trinajstić information content (AvgIpc) is 3.62. The van der Waals surface area contributed by atoms with Gasteiger partial charge >= 0.3 is 6.18 Å². The largest absolute Gasteiger partial charge is 0.421 e. The molecule has 5 rings (SSSR count). The number of halogens is 3. The first-order chi connectivity index (χ1) is 17.4. The minimum Gasteiger partial charge on any atom is -0.384 e. The van der Waals surface area contributed by atoms with Crippen molar-refractivity contribution < 1.29 is 26.7 Å². The molecule has 1 saturated carbocycles. The molecule has 4 N–H and O–H groups in total. The molecule has 0 aliphatic heterocycles. The molecule has 3 aromatic heterocycles. The monoisotopic (exact) mass is 548 g/mol. The van der Waals surface area contributed by atoms with E-state index in [9.17, 15) is 26.7 Å². The highest BCUT2D eigenvalue weighted by molar-refractivity contribution is 7.90. The molecule has 7 nitrogen and oxygen atoms in total. The summed E-state index contributed by atoms with van der Waals surface area (Å²) in [6.45, 7) is 0.699. The number of benzene rings is 1. The Kier molecular flexibility index (Phi) is 6.26. The second-order valence-electron chi connectivity index (χ2n) is 9.15. The van der Waals surface area contributed by atoms with Gasteiger partial charge in [0.2, 0.25) is 10.0 Å². The Morgan fingerprint density at radius 2 is 1.86 bits per heavy atom. The van der Waals surface area contributed by atoms with Gasteiger partial charge in [-0.05, 0) is 61.0 Å². The molecule has 1 fully saturated rings. The molecule has 0 bridgehead atoms. The van der Waals surface area contributed by atoms with Crippen LogP contribution in [-0.2, 0) is 15.6 Å². The summed E-state index contributed by atoms with van der Waals surface area (Å²) >= 11 is 1.29. The SMILES string of the molecule is CC(O)(c1ccnc(-c2cccc3cc(C(NS(=O)(=O)C4CC4)c4cccc(N)n4)sc23)c1)C(F)(F)F. The molecule has 0 amide bonds. The molecular weight excluding hydrogens is 525 g/mol. The molecule has 37 heavy (non-hydrogen) atoms. The van der Waals surface area contributed by atoms with Gasteiger partial charge in [0.1, 0.15) is 5.82 Å². The Hall–Kier alpha value is -3.06. The second-order valence-corrected chi connectivity index (χ2v) is 12.2. The smallest absolute Gasteiger partial charge is 0.384 e. The van der Waals surface area contributed by atoms with Gasteiger partial charge in [-0.3, -0.25) is 4.98 Å².